The van der Waals surface area contributed by atoms with Gasteiger partial charge >= 0.3 is 0 Å². The Balaban J connectivity index is 2.17. The highest BCUT2D eigenvalue weighted by atomic mass is 16.3. The van der Waals surface area contributed by atoms with Gasteiger partial charge in [0.2, 0.25) is 0 Å². The molecule has 1 saturated carbocycles. The number of rotatable bonds is 4. The highest BCUT2D eigenvalue weighted by Crippen LogP contribution is 2.37. The summed E-state index contributed by atoms with van der Waals surface area (Å²) < 4.78 is 0. The van der Waals surface area contributed by atoms with E-state index in [1.54, 1.807) is 0 Å². The van der Waals surface area contributed by atoms with E-state index >= 15 is 0 Å². The van der Waals surface area contributed by atoms with Gasteiger partial charge in [-0.05, 0) is 30.4 Å². The third kappa shape index (κ3) is 3.58. The second-order valence-corrected chi connectivity index (χ2v) is 5.92. The number of aliphatic hydroxyl groups is 2. The summed E-state index contributed by atoms with van der Waals surface area (Å²) in [4.78, 5) is 0. The Morgan fingerprint density at radius 2 is 1.84 bits per heavy atom. The van der Waals surface area contributed by atoms with Crippen LogP contribution in [0.5, 0.6) is 0 Å². The molecule has 1 unspecified atom stereocenters. The van der Waals surface area contributed by atoms with Gasteiger partial charge < -0.3 is 10.2 Å². The van der Waals surface area contributed by atoms with Crippen molar-refractivity contribution in [1.29, 1.82) is 0 Å². The first-order chi connectivity index (χ1) is 9.15. The Hall–Kier alpha value is -0.860. The fourth-order valence-electron chi connectivity index (χ4n) is 3.13. The average molecular weight is 262 g/mol. The molecule has 1 atom stereocenters. The molecule has 1 aliphatic rings. The molecule has 1 aliphatic carbocycles. The molecular weight excluding hydrogens is 236 g/mol. The lowest BCUT2D eigenvalue weighted by atomic mass is 9.84. The fourth-order valence-corrected chi connectivity index (χ4v) is 3.13. The van der Waals surface area contributed by atoms with Gasteiger partial charge in [-0.3, -0.25) is 0 Å². The lowest BCUT2D eigenvalue weighted by Gasteiger charge is -2.32. The molecule has 1 fully saturated rings. The predicted octanol–water partition coefficient (Wildman–Crippen LogP) is 3.76. The van der Waals surface area contributed by atoms with E-state index in [-0.39, 0.29) is 0 Å². The van der Waals surface area contributed by atoms with E-state index in [0.29, 0.717) is 12.8 Å². The van der Waals surface area contributed by atoms with Crippen molar-refractivity contribution in [2.45, 2.75) is 70.0 Å². The van der Waals surface area contributed by atoms with Crippen LogP contribution in [0.25, 0.3) is 0 Å². The molecule has 0 saturated heterocycles. The molecule has 1 aromatic carbocycles. The van der Waals surface area contributed by atoms with Crippen molar-refractivity contribution in [1.82, 2.24) is 0 Å². The van der Waals surface area contributed by atoms with Gasteiger partial charge in [-0.1, -0.05) is 63.3 Å². The lowest BCUT2D eigenvalue weighted by Crippen LogP contribution is -2.35. The van der Waals surface area contributed by atoms with Gasteiger partial charge in [0, 0.05) is 0 Å². The molecule has 0 radical (unpaired) electrons. The summed E-state index contributed by atoms with van der Waals surface area (Å²) in [5, 5.41) is 21.3. The zero-order chi connectivity index (χ0) is 13.7. The van der Waals surface area contributed by atoms with Crippen molar-refractivity contribution in [3.63, 3.8) is 0 Å². The molecule has 0 bridgehead atoms. The minimum absolute atomic E-state index is 0.714. The first-order valence-corrected chi connectivity index (χ1v) is 7.65. The van der Waals surface area contributed by atoms with E-state index in [9.17, 15) is 10.2 Å². The third-order valence-corrected chi connectivity index (χ3v) is 4.28. The van der Waals surface area contributed by atoms with Gasteiger partial charge in [-0.2, -0.15) is 0 Å². The standard InChI is InChI=1S/C17H26O2/c1-2-8-14-9-7-10-15(13-14)16(18)17(19)11-5-3-4-6-12-17/h7,9-10,13,16,18-19H,2-6,8,11-12H2,1H3. The fraction of sp³-hybridized carbons (Fsp3) is 0.647. The molecule has 0 heterocycles. The minimum atomic E-state index is -0.929. The van der Waals surface area contributed by atoms with Crippen LogP contribution >= 0.6 is 0 Å². The van der Waals surface area contributed by atoms with Gasteiger partial charge in [-0.15, -0.1) is 0 Å². The summed E-state index contributed by atoms with van der Waals surface area (Å²) in [6.45, 7) is 2.15. The van der Waals surface area contributed by atoms with Crippen LogP contribution in [0.15, 0.2) is 24.3 Å². The maximum absolute atomic E-state index is 10.7. The third-order valence-electron chi connectivity index (χ3n) is 4.28. The Morgan fingerprint density at radius 3 is 2.47 bits per heavy atom. The van der Waals surface area contributed by atoms with Crippen LogP contribution in [-0.2, 0) is 6.42 Å². The van der Waals surface area contributed by atoms with Gasteiger partial charge in [0.1, 0.15) is 6.10 Å². The number of hydrogen-bond donors (Lipinski definition) is 2. The Labute approximate surface area is 116 Å². The van der Waals surface area contributed by atoms with Crippen LogP contribution < -0.4 is 0 Å². The molecule has 0 aromatic heterocycles. The van der Waals surface area contributed by atoms with Crippen LogP contribution in [0.3, 0.4) is 0 Å². The molecule has 1 aromatic rings. The van der Waals surface area contributed by atoms with E-state index in [2.05, 4.69) is 19.1 Å². The summed E-state index contributed by atoms with van der Waals surface area (Å²) in [6, 6.07) is 8.07. The second-order valence-electron chi connectivity index (χ2n) is 5.92. The van der Waals surface area contributed by atoms with E-state index in [1.807, 2.05) is 12.1 Å². The number of benzene rings is 1. The Kier molecular flexibility index (Phi) is 5.00. The van der Waals surface area contributed by atoms with Crippen molar-refractivity contribution in [2.75, 3.05) is 0 Å². The maximum Gasteiger partial charge on any atom is 0.108 e. The van der Waals surface area contributed by atoms with Crippen LogP contribution in [0.1, 0.15) is 69.1 Å². The van der Waals surface area contributed by atoms with Crippen molar-refractivity contribution in [3.8, 4) is 0 Å². The van der Waals surface area contributed by atoms with Gasteiger partial charge in [-0.25, -0.2) is 0 Å². The maximum atomic E-state index is 10.7. The Bertz CT molecular complexity index is 392. The van der Waals surface area contributed by atoms with Crippen molar-refractivity contribution in [2.24, 2.45) is 0 Å². The smallest absolute Gasteiger partial charge is 0.108 e. The van der Waals surface area contributed by atoms with E-state index in [4.69, 9.17) is 0 Å². The zero-order valence-corrected chi connectivity index (χ0v) is 11.9. The lowest BCUT2D eigenvalue weighted by molar-refractivity contribution is -0.0867. The summed E-state index contributed by atoms with van der Waals surface area (Å²) in [7, 11) is 0. The highest BCUT2D eigenvalue weighted by Gasteiger charge is 2.36. The Morgan fingerprint density at radius 1 is 1.16 bits per heavy atom. The SMILES string of the molecule is CCCc1cccc(C(O)C2(O)CCCCCC2)c1. The quantitative estimate of drug-likeness (QED) is 0.811. The zero-order valence-electron chi connectivity index (χ0n) is 11.9. The van der Waals surface area contributed by atoms with Crippen molar-refractivity contribution in [3.05, 3.63) is 35.4 Å². The van der Waals surface area contributed by atoms with Crippen LogP contribution in [-0.4, -0.2) is 15.8 Å². The molecule has 0 amide bonds. The molecule has 2 rings (SSSR count). The highest BCUT2D eigenvalue weighted by molar-refractivity contribution is 5.27. The van der Waals surface area contributed by atoms with Crippen LogP contribution in [0.2, 0.25) is 0 Å². The van der Waals surface area contributed by atoms with Gasteiger partial charge in [0.25, 0.3) is 0 Å². The second kappa shape index (κ2) is 6.53. The average Bonchev–Trinajstić information content (AvgIpc) is 2.64. The predicted molar refractivity (Wildman–Crippen MR) is 78.0 cm³/mol. The minimum Gasteiger partial charge on any atom is -0.387 e. The molecule has 19 heavy (non-hydrogen) atoms. The molecule has 106 valence electrons. The monoisotopic (exact) mass is 262 g/mol. The van der Waals surface area contributed by atoms with Crippen LogP contribution in [0, 0.1) is 0 Å². The summed E-state index contributed by atoms with van der Waals surface area (Å²) in [5.41, 5.74) is 1.19. The van der Waals surface area contributed by atoms with Crippen molar-refractivity contribution >= 4 is 0 Å². The first-order valence-electron chi connectivity index (χ1n) is 7.65. The normalized spacial score (nSPS) is 20.8. The summed E-state index contributed by atoms with van der Waals surface area (Å²) >= 11 is 0. The van der Waals surface area contributed by atoms with Crippen molar-refractivity contribution < 1.29 is 10.2 Å². The molecule has 0 spiro atoms. The van der Waals surface area contributed by atoms with Crippen LogP contribution in [0.4, 0.5) is 0 Å². The molecule has 2 heteroatoms. The summed E-state index contributed by atoms with van der Waals surface area (Å²) in [6.07, 6.45) is 7.18. The van der Waals surface area contributed by atoms with E-state index in [0.717, 1.165) is 31.2 Å². The summed E-state index contributed by atoms with van der Waals surface area (Å²) in [5.74, 6) is 0. The topological polar surface area (TPSA) is 40.5 Å². The first kappa shape index (κ1) is 14.5. The largest absolute Gasteiger partial charge is 0.387 e. The molecular formula is C17H26O2. The molecule has 2 nitrogen and oxygen atoms in total. The van der Waals surface area contributed by atoms with Gasteiger partial charge in [0.15, 0.2) is 0 Å². The van der Waals surface area contributed by atoms with E-state index in [1.165, 1.54) is 18.4 Å². The van der Waals surface area contributed by atoms with Gasteiger partial charge in [0.05, 0.1) is 5.60 Å². The number of aliphatic hydroxyl groups excluding tert-OH is 1. The number of aryl methyl sites for hydroxylation is 1. The molecule has 0 aliphatic heterocycles. The van der Waals surface area contributed by atoms with E-state index < -0.39 is 11.7 Å². The number of hydrogen-bond acceptors (Lipinski definition) is 2. The molecule has 2 N–H and O–H groups in total.